The molecule has 0 aromatic rings. The molecular weight excluding hydrogens is 160 g/mol. The van der Waals surface area contributed by atoms with Gasteiger partial charge in [0.05, 0.1) is 5.60 Å². The van der Waals surface area contributed by atoms with E-state index in [1.165, 1.54) is 12.8 Å². The molecule has 1 nitrogen and oxygen atoms in total. The van der Waals surface area contributed by atoms with Gasteiger partial charge < -0.3 is 4.74 Å². The van der Waals surface area contributed by atoms with Crippen LogP contribution in [0.15, 0.2) is 0 Å². The Morgan fingerprint density at radius 3 is 1.31 bits per heavy atom. The molecule has 0 amide bonds. The molecule has 0 N–H and O–H groups in total. The molecule has 0 saturated heterocycles. The third kappa shape index (κ3) is 2.07. The first-order chi connectivity index (χ1) is 6.05. The molecule has 0 radical (unpaired) electrons. The molecule has 0 rings (SSSR count). The molecule has 1 heteroatoms. The van der Waals surface area contributed by atoms with Crippen LogP contribution in [0.1, 0.15) is 60.3 Å². The molecule has 0 fully saturated rings. The van der Waals surface area contributed by atoms with Crippen molar-refractivity contribution in [3.05, 3.63) is 0 Å². The van der Waals surface area contributed by atoms with Gasteiger partial charge in [0.15, 0.2) is 0 Å². The summed E-state index contributed by atoms with van der Waals surface area (Å²) in [5.41, 5.74) is 0.405. The maximum absolute atomic E-state index is 5.78. The molecule has 0 aromatic heterocycles. The van der Waals surface area contributed by atoms with Crippen LogP contribution >= 0.6 is 0 Å². The minimum atomic E-state index is 0.0799. The van der Waals surface area contributed by atoms with Crippen molar-refractivity contribution in [2.24, 2.45) is 5.41 Å². The Bertz CT molecular complexity index is 124. The zero-order chi connectivity index (χ0) is 10.5. The fraction of sp³-hybridized carbons (Fsp3) is 1.00. The van der Waals surface area contributed by atoms with Gasteiger partial charge in [-0.15, -0.1) is 0 Å². The van der Waals surface area contributed by atoms with Gasteiger partial charge in [-0.1, -0.05) is 34.6 Å². The molecule has 0 unspecified atom stereocenters. The van der Waals surface area contributed by atoms with Crippen molar-refractivity contribution in [3.63, 3.8) is 0 Å². The first kappa shape index (κ1) is 13.0. The molecule has 0 aliphatic heterocycles. The van der Waals surface area contributed by atoms with Crippen LogP contribution in [0.25, 0.3) is 0 Å². The molecule has 13 heavy (non-hydrogen) atoms. The van der Waals surface area contributed by atoms with E-state index in [1.807, 2.05) is 7.11 Å². The number of rotatable bonds is 6. The molecule has 0 aromatic carbocycles. The summed E-state index contributed by atoms with van der Waals surface area (Å²) in [7, 11) is 1.86. The highest BCUT2D eigenvalue weighted by Gasteiger charge is 2.43. The van der Waals surface area contributed by atoms with E-state index in [2.05, 4.69) is 34.6 Å². The predicted molar refractivity (Wildman–Crippen MR) is 59.0 cm³/mol. The summed E-state index contributed by atoms with van der Waals surface area (Å²) in [5.74, 6) is 0. The standard InChI is InChI=1S/C12H26O/c1-7-11(5,8-2)12(9-3,10-4)13-6/h7-10H2,1-6H3. The summed E-state index contributed by atoms with van der Waals surface area (Å²) in [6.07, 6.45) is 4.61. The Kier molecular flexibility index (Phi) is 4.98. The topological polar surface area (TPSA) is 9.23 Å². The van der Waals surface area contributed by atoms with Crippen LogP contribution < -0.4 is 0 Å². The predicted octanol–water partition coefficient (Wildman–Crippen LogP) is 4.02. The Morgan fingerprint density at radius 2 is 1.23 bits per heavy atom. The zero-order valence-electron chi connectivity index (χ0n) is 10.2. The first-order valence-electron chi connectivity index (χ1n) is 5.61. The van der Waals surface area contributed by atoms with Gasteiger partial charge in [0.1, 0.15) is 0 Å². The molecular formula is C12H26O. The summed E-state index contributed by atoms with van der Waals surface area (Å²) in [5, 5.41) is 0. The highest BCUT2D eigenvalue weighted by Crippen LogP contribution is 2.44. The summed E-state index contributed by atoms with van der Waals surface area (Å²) >= 11 is 0. The van der Waals surface area contributed by atoms with Crippen molar-refractivity contribution in [1.82, 2.24) is 0 Å². The quantitative estimate of drug-likeness (QED) is 0.609. The maximum atomic E-state index is 5.78. The van der Waals surface area contributed by atoms with Crippen LogP contribution in [0.2, 0.25) is 0 Å². The van der Waals surface area contributed by atoms with Crippen LogP contribution in [0.3, 0.4) is 0 Å². The minimum Gasteiger partial charge on any atom is -0.378 e. The molecule has 80 valence electrons. The van der Waals surface area contributed by atoms with Crippen molar-refractivity contribution in [3.8, 4) is 0 Å². The first-order valence-corrected chi connectivity index (χ1v) is 5.61. The average molecular weight is 186 g/mol. The smallest absolute Gasteiger partial charge is 0.0726 e. The lowest BCUT2D eigenvalue weighted by molar-refractivity contribution is -0.116. The molecule has 0 spiro atoms. The van der Waals surface area contributed by atoms with Crippen molar-refractivity contribution in [2.75, 3.05) is 7.11 Å². The normalized spacial score (nSPS) is 13.4. The van der Waals surface area contributed by atoms with Gasteiger partial charge in [0.25, 0.3) is 0 Å². The van der Waals surface area contributed by atoms with Gasteiger partial charge >= 0.3 is 0 Å². The third-order valence-corrected chi connectivity index (χ3v) is 4.19. The van der Waals surface area contributed by atoms with E-state index in [4.69, 9.17) is 4.74 Å². The number of hydrogen-bond acceptors (Lipinski definition) is 1. The second-order valence-corrected chi connectivity index (χ2v) is 4.17. The van der Waals surface area contributed by atoms with Gasteiger partial charge in [0.2, 0.25) is 0 Å². The number of ether oxygens (including phenoxy) is 1. The molecule has 0 atom stereocenters. The highest BCUT2D eigenvalue weighted by molar-refractivity contribution is 4.94. The van der Waals surface area contributed by atoms with Gasteiger partial charge in [-0.3, -0.25) is 0 Å². The van der Waals surface area contributed by atoms with E-state index in [0.29, 0.717) is 5.41 Å². The Labute approximate surface area is 83.9 Å². The van der Waals surface area contributed by atoms with E-state index >= 15 is 0 Å². The van der Waals surface area contributed by atoms with Crippen LogP contribution in [-0.4, -0.2) is 12.7 Å². The maximum Gasteiger partial charge on any atom is 0.0726 e. The highest BCUT2D eigenvalue weighted by atomic mass is 16.5. The van der Waals surface area contributed by atoms with Crippen LogP contribution in [-0.2, 0) is 4.74 Å². The molecule has 0 bridgehead atoms. The summed E-state index contributed by atoms with van der Waals surface area (Å²) in [6, 6.07) is 0. The van der Waals surface area contributed by atoms with Crippen molar-refractivity contribution >= 4 is 0 Å². The van der Waals surface area contributed by atoms with Crippen molar-refractivity contribution in [2.45, 2.75) is 65.9 Å². The lowest BCUT2D eigenvalue weighted by Crippen LogP contribution is -2.46. The SMILES string of the molecule is CCC(C)(CC)C(CC)(CC)OC. The molecule has 0 saturated carbocycles. The summed E-state index contributed by atoms with van der Waals surface area (Å²) in [4.78, 5) is 0. The number of hydrogen-bond donors (Lipinski definition) is 0. The lowest BCUT2D eigenvalue weighted by Gasteiger charge is -2.46. The molecule has 0 aliphatic carbocycles. The molecule has 0 aliphatic rings. The van der Waals surface area contributed by atoms with Crippen LogP contribution in [0.5, 0.6) is 0 Å². The van der Waals surface area contributed by atoms with E-state index < -0.39 is 0 Å². The minimum absolute atomic E-state index is 0.0799. The van der Waals surface area contributed by atoms with Gasteiger partial charge in [0, 0.05) is 7.11 Å². The summed E-state index contributed by atoms with van der Waals surface area (Å²) in [6.45, 7) is 11.3. The van der Waals surface area contributed by atoms with Crippen LogP contribution in [0.4, 0.5) is 0 Å². The van der Waals surface area contributed by atoms with Crippen LogP contribution in [0, 0.1) is 5.41 Å². The van der Waals surface area contributed by atoms with E-state index in [-0.39, 0.29) is 5.60 Å². The van der Waals surface area contributed by atoms with E-state index in [1.54, 1.807) is 0 Å². The van der Waals surface area contributed by atoms with Gasteiger partial charge in [-0.2, -0.15) is 0 Å². The second kappa shape index (κ2) is 4.99. The zero-order valence-corrected chi connectivity index (χ0v) is 10.2. The molecule has 0 heterocycles. The van der Waals surface area contributed by atoms with Crippen molar-refractivity contribution < 1.29 is 4.74 Å². The Hall–Kier alpha value is -0.0400. The fourth-order valence-corrected chi connectivity index (χ4v) is 2.53. The van der Waals surface area contributed by atoms with E-state index in [9.17, 15) is 0 Å². The fourth-order valence-electron chi connectivity index (χ4n) is 2.53. The average Bonchev–Trinajstić information content (AvgIpc) is 2.20. The lowest BCUT2D eigenvalue weighted by atomic mass is 9.67. The van der Waals surface area contributed by atoms with Gasteiger partial charge in [-0.05, 0) is 31.1 Å². The second-order valence-electron chi connectivity index (χ2n) is 4.17. The Morgan fingerprint density at radius 1 is 0.846 bits per heavy atom. The largest absolute Gasteiger partial charge is 0.378 e. The Balaban J connectivity index is 4.87. The van der Waals surface area contributed by atoms with E-state index in [0.717, 1.165) is 12.8 Å². The third-order valence-electron chi connectivity index (χ3n) is 4.19. The summed E-state index contributed by atoms with van der Waals surface area (Å²) < 4.78 is 5.78. The van der Waals surface area contributed by atoms with Gasteiger partial charge in [-0.25, -0.2) is 0 Å². The monoisotopic (exact) mass is 186 g/mol. The number of methoxy groups -OCH3 is 1. The van der Waals surface area contributed by atoms with Crippen molar-refractivity contribution in [1.29, 1.82) is 0 Å².